The summed E-state index contributed by atoms with van der Waals surface area (Å²) in [7, 11) is 0. The van der Waals surface area contributed by atoms with Gasteiger partial charge in [0.05, 0.1) is 13.2 Å². The first kappa shape index (κ1) is 39.8. The fourth-order valence-corrected chi connectivity index (χ4v) is 3.65. The van der Waals surface area contributed by atoms with Gasteiger partial charge in [-0.1, -0.05) is 40.0 Å². The summed E-state index contributed by atoms with van der Waals surface area (Å²) in [4.78, 5) is 46.6. The molecule has 0 spiro atoms. The third-order valence-electron chi connectivity index (χ3n) is 6.30. The molecule has 12 heteroatoms. The van der Waals surface area contributed by atoms with Crippen LogP contribution in [0.4, 0.5) is 9.59 Å². The Labute approximate surface area is 273 Å². The van der Waals surface area contributed by atoms with Gasteiger partial charge in [-0.05, 0) is 75.5 Å². The van der Waals surface area contributed by atoms with Crippen LogP contribution in [-0.2, 0) is 34.0 Å². The lowest BCUT2D eigenvalue weighted by Gasteiger charge is -2.21. The molecule has 12 nitrogen and oxygen atoms in total. The first-order chi connectivity index (χ1) is 21.8. The number of unbranched alkanes of at least 4 members (excludes halogenated alkanes) is 4. The Hall–Kier alpha value is -4.22. The van der Waals surface area contributed by atoms with Crippen LogP contribution in [0, 0.1) is 0 Å². The van der Waals surface area contributed by atoms with E-state index in [9.17, 15) is 19.2 Å². The van der Waals surface area contributed by atoms with E-state index >= 15 is 0 Å². The lowest BCUT2D eigenvalue weighted by Crippen LogP contribution is -2.27. The second-order valence-electron chi connectivity index (χ2n) is 11.7. The Bertz CT molecular complexity index is 1140. The number of hydrogen-bond acceptors (Lipinski definition) is 10. The summed E-state index contributed by atoms with van der Waals surface area (Å²) in [5, 5.41) is 5.37. The Morgan fingerprint density at radius 1 is 0.609 bits per heavy atom. The molecule has 0 bridgehead atoms. The van der Waals surface area contributed by atoms with E-state index in [1.807, 2.05) is 12.1 Å². The second kappa shape index (κ2) is 22.3. The molecule has 0 aliphatic rings. The number of carbonyl (C=O) groups excluding carboxylic acids is 4. The lowest BCUT2D eigenvalue weighted by molar-refractivity contribution is -0.139. The number of amides is 2. The molecule has 0 aromatic heterocycles. The first-order valence-corrected chi connectivity index (χ1v) is 15.7. The zero-order valence-corrected chi connectivity index (χ0v) is 28.1. The minimum absolute atomic E-state index is 0.0325. The van der Waals surface area contributed by atoms with E-state index in [-0.39, 0.29) is 31.8 Å². The van der Waals surface area contributed by atoms with E-state index in [0.717, 1.165) is 31.2 Å². The molecule has 0 aliphatic heterocycles. The summed E-state index contributed by atoms with van der Waals surface area (Å²) in [5.74, 6) is 0.164. The number of rotatable bonds is 22. The second-order valence-corrected chi connectivity index (χ2v) is 11.7. The van der Waals surface area contributed by atoms with E-state index in [1.54, 1.807) is 19.9 Å². The summed E-state index contributed by atoms with van der Waals surface area (Å²) < 4.78 is 32.2. The third-order valence-corrected chi connectivity index (χ3v) is 6.30. The van der Waals surface area contributed by atoms with Gasteiger partial charge in [0, 0.05) is 24.2 Å². The maximum absolute atomic E-state index is 12.0. The van der Waals surface area contributed by atoms with Crippen LogP contribution in [0.2, 0.25) is 0 Å². The van der Waals surface area contributed by atoms with Gasteiger partial charge in [-0.2, -0.15) is 0 Å². The summed E-state index contributed by atoms with van der Waals surface area (Å²) in [6.45, 7) is 18.3. The Morgan fingerprint density at radius 3 is 1.50 bits per heavy atom. The number of benzene rings is 1. The minimum Gasteiger partial charge on any atom is -0.486 e. The molecule has 2 N–H and O–H groups in total. The van der Waals surface area contributed by atoms with Crippen LogP contribution in [0.15, 0.2) is 42.5 Å². The summed E-state index contributed by atoms with van der Waals surface area (Å²) in [5.41, 5.74) is 1.64. The van der Waals surface area contributed by atoms with Gasteiger partial charge in [0.2, 0.25) is 0 Å². The van der Waals surface area contributed by atoms with Crippen LogP contribution < -0.4 is 20.1 Å². The molecule has 46 heavy (non-hydrogen) atoms. The zero-order chi connectivity index (χ0) is 34.4. The first-order valence-electron chi connectivity index (χ1n) is 15.7. The van der Waals surface area contributed by atoms with Crippen molar-refractivity contribution in [2.24, 2.45) is 0 Å². The molecular weight excluding hydrogens is 596 g/mol. The maximum Gasteiger partial charge on any atom is 0.407 e. The van der Waals surface area contributed by atoms with Crippen molar-refractivity contribution in [1.29, 1.82) is 0 Å². The minimum atomic E-state index is -0.545. The van der Waals surface area contributed by atoms with Gasteiger partial charge in [-0.25, -0.2) is 19.2 Å². The number of nitrogens with one attached hydrogen (secondary N) is 2. The van der Waals surface area contributed by atoms with Gasteiger partial charge in [-0.15, -0.1) is 0 Å². The highest BCUT2D eigenvalue weighted by atomic mass is 16.6. The fourth-order valence-electron chi connectivity index (χ4n) is 3.65. The molecule has 258 valence electrons. The Kier molecular flexibility index (Phi) is 19.3. The molecule has 0 heterocycles. The average Bonchev–Trinajstić information content (AvgIpc) is 2.99. The van der Waals surface area contributed by atoms with E-state index in [0.29, 0.717) is 61.8 Å². The molecule has 0 radical (unpaired) electrons. The van der Waals surface area contributed by atoms with Crippen molar-refractivity contribution in [3.05, 3.63) is 48.1 Å². The van der Waals surface area contributed by atoms with Crippen LogP contribution in [0.25, 0.3) is 0 Å². The lowest BCUT2D eigenvalue weighted by atomic mass is 9.87. The highest BCUT2D eigenvalue weighted by molar-refractivity contribution is 5.87. The molecule has 0 atom stereocenters. The van der Waals surface area contributed by atoms with Crippen molar-refractivity contribution in [1.82, 2.24) is 10.6 Å². The van der Waals surface area contributed by atoms with Gasteiger partial charge >= 0.3 is 24.1 Å². The van der Waals surface area contributed by atoms with Gasteiger partial charge in [0.15, 0.2) is 11.5 Å². The molecule has 1 aromatic rings. The number of alkyl carbamates (subject to hydrolysis) is 2. The van der Waals surface area contributed by atoms with E-state index in [4.69, 9.17) is 28.4 Å². The summed E-state index contributed by atoms with van der Waals surface area (Å²) in [6, 6.07) is 5.64. The standard InChI is InChI=1S/C34H52N2O10/c1-25(2)30(37)43-18-12-8-10-16-35-32(39)45-22-20-41-28-15-14-27(34(5,6)7)24-29(28)42-21-23-46-33(40)36-17-11-9-13-19-44-31(38)26(3)4/h14-15,24H,1,3,8-13,16-23H2,2,4-7H3,(H,35,39)(H,36,40). The Morgan fingerprint density at radius 2 is 1.07 bits per heavy atom. The molecule has 2 amide bonds. The quantitative estimate of drug-likeness (QED) is 0.0687. The SMILES string of the molecule is C=C(C)C(=O)OCCCCCNC(=O)OCCOc1ccc(C(C)(C)C)cc1OCCOC(=O)NCCCCCOC(=O)C(=C)C. The molecule has 1 aromatic carbocycles. The van der Waals surface area contributed by atoms with Crippen molar-refractivity contribution in [2.75, 3.05) is 52.7 Å². The summed E-state index contributed by atoms with van der Waals surface area (Å²) >= 11 is 0. The highest BCUT2D eigenvalue weighted by Crippen LogP contribution is 2.33. The maximum atomic E-state index is 12.0. The predicted octanol–water partition coefficient (Wildman–Crippen LogP) is 5.77. The number of ether oxygens (including phenoxy) is 6. The van der Waals surface area contributed by atoms with Gasteiger partial charge < -0.3 is 39.1 Å². The van der Waals surface area contributed by atoms with E-state index < -0.39 is 24.1 Å². The van der Waals surface area contributed by atoms with Crippen molar-refractivity contribution in [3.63, 3.8) is 0 Å². The van der Waals surface area contributed by atoms with Crippen LogP contribution in [0.5, 0.6) is 11.5 Å². The molecule has 0 aliphatic carbocycles. The van der Waals surface area contributed by atoms with Crippen molar-refractivity contribution >= 4 is 24.1 Å². The topological polar surface area (TPSA) is 148 Å². The van der Waals surface area contributed by atoms with E-state index in [1.165, 1.54) is 0 Å². The molecule has 0 saturated carbocycles. The van der Waals surface area contributed by atoms with E-state index in [2.05, 4.69) is 44.6 Å². The van der Waals surface area contributed by atoms with Gasteiger partial charge in [0.25, 0.3) is 0 Å². The molecule has 1 rings (SSSR count). The number of esters is 2. The van der Waals surface area contributed by atoms with Crippen LogP contribution in [0.3, 0.4) is 0 Å². The van der Waals surface area contributed by atoms with Crippen molar-refractivity contribution < 1.29 is 47.6 Å². The third kappa shape index (κ3) is 18.6. The highest BCUT2D eigenvalue weighted by Gasteiger charge is 2.17. The molecule has 0 saturated heterocycles. The summed E-state index contributed by atoms with van der Waals surface area (Å²) in [6.07, 6.45) is 3.31. The van der Waals surface area contributed by atoms with Crippen molar-refractivity contribution in [2.45, 2.75) is 78.6 Å². The number of carbonyl (C=O) groups is 4. The smallest absolute Gasteiger partial charge is 0.407 e. The average molecular weight is 649 g/mol. The Balaban J connectivity index is 2.33. The van der Waals surface area contributed by atoms with Gasteiger partial charge in [0.1, 0.15) is 26.4 Å². The largest absolute Gasteiger partial charge is 0.486 e. The zero-order valence-electron chi connectivity index (χ0n) is 28.1. The monoisotopic (exact) mass is 648 g/mol. The van der Waals surface area contributed by atoms with Crippen LogP contribution in [0.1, 0.15) is 78.7 Å². The fraction of sp³-hybridized carbons (Fsp3) is 0.588. The normalized spacial score (nSPS) is 10.7. The van der Waals surface area contributed by atoms with Gasteiger partial charge in [-0.3, -0.25) is 0 Å². The molecular formula is C34H52N2O10. The van der Waals surface area contributed by atoms with Crippen LogP contribution in [-0.4, -0.2) is 76.9 Å². The molecule has 0 unspecified atom stereocenters. The molecule has 0 fully saturated rings. The number of hydrogen-bond donors (Lipinski definition) is 2. The van der Waals surface area contributed by atoms with Crippen LogP contribution >= 0.6 is 0 Å². The predicted molar refractivity (Wildman–Crippen MR) is 174 cm³/mol. The van der Waals surface area contributed by atoms with Crippen molar-refractivity contribution in [3.8, 4) is 11.5 Å².